The van der Waals surface area contributed by atoms with E-state index in [0.717, 1.165) is 11.1 Å². The maximum Gasteiger partial charge on any atom is 0.296 e. The Labute approximate surface area is 201 Å². The number of benzene rings is 2. The average molecular weight is 474 g/mol. The zero-order chi connectivity index (χ0) is 24.8. The van der Waals surface area contributed by atoms with Gasteiger partial charge in [0.05, 0.1) is 6.04 Å². The molecule has 0 spiro atoms. The van der Waals surface area contributed by atoms with Crippen LogP contribution < -0.4 is 16.2 Å². The number of carbonyl (C=O) groups is 1. The van der Waals surface area contributed by atoms with Gasteiger partial charge in [-0.2, -0.15) is 0 Å². The highest BCUT2D eigenvalue weighted by Gasteiger charge is 2.25. The number of aromatic hydroxyl groups is 1. The molecule has 9 heteroatoms. The van der Waals surface area contributed by atoms with Crippen molar-refractivity contribution >= 4 is 5.91 Å². The molecule has 0 bridgehead atoms. The van der Waals surface area contributed by atoms with Crippen molar-refractivity contribution in [3.63, 3.8) is 0 Å². The van der Waals surface area contributed by atoms with E-state index >= 15 is 0 Å². The second-order valence-electron chi connectivity index (χ2n) is 7.93. The van der Waals surface area contributed by atoms with Crippen LogP contribution in [0.25, 0.3) is 0 Å². The maximum atomic E-state index is 13.1. The number of nitrogens with one attached hydrogen (secondary N) is 2. The van der Waals surface area contributed by atoms with Crippen molar-refractivity contribution in [2.45, 2.75) is 19.1 Å². The number of nitrogens with zero attached hydrogens (tertiary/aromatic N) is 3. The Morgan fingerprint density at radius 2 is 1.77 bits per heavy atom. The van der Waals surface area contributed by atoms with E-state index in [0.29, 0.717) is 12.1 Å². The highest BCUT2D eigenvalue weighted by Crippen LogP contribution is 2.22. The molecule has 1 amide bonds. The SMILES string of the molecule is Cn1c(C(NCc2cccnc2)c2ccccc2)nc(C(=O)NCc2ccc(F)cc2)c(O)c1=O. The van der Waals surface area contributed by atoms with Crippen LogP contribution in [0, 0.1) is 5.82 Å². The van der Waals surface area contributed by atoms with Gasteiger partial charge < -0.3 is 10.4 Å². The number of rotatable bonds is 8. The lowest BCUT2D eigenvalue weighted by Gasteiger charge is -2.22. The molecule has 2 heterocycles. The van der Waals surface area contributed by atoms with E-state index in [4.69, 9.17) is 0 Å². The number of halogens is 1. The van der Waals surface area contributed by atoms with Gasteiger partial charge in [0.15, 0.2) is 5.69 Å². The number of aromatic nitrogens is 3. The largest absolute Gasteiger partial charge is 0.501 e. The molecule has 178 valence electrons. The predicted molar refractivity (Wildman–Crippen MR) is 128 cm³/mol. The Kier molecular flexibility index (Phi) is 7.27. The van der Waals surface area contributed by atoms with Gasteiger partial charge in [-0.25, -0.2) is 9.37 Å². The fourth-order valence-electron chi connectivity index (χ4n) is 3.62. The molecular weight excluding hydrogens is 449 g/mol. The molecule has 4 rings (SSSR count). The molecule has 8 nitrogen and oxygen atoms in total. The second kappa shape index (κ2) is 10.7. The van der Waals surface area contributed by atoms with Gasteiger partial charge in [0.2, 0.25) is 5.75 Å². The summed E-state index contributed by atoms with van der Waals surface area (Å²) in [5.41, 5.74) is 1.28. The number of amides is 1. The summed E-state index contributed by atoms with van der Waals surface area (Å²) < 4.78 is 14.4. The highest BCUT2D eigenvalue weighted by atomic mass is 19.1. The van der Waals surface area contributed by atoms with E-state index < -0.39 is 23.3 Å². The van der Waals surface area contributed by atoms with Crippen LogP contribution in [0.1, 0.15) is 39.0 Å². The summed E-state index contributed by atoms with van der Waals surface area (Å²) in [6, 6.07) is 18.2. The molecule has 2 aromatic heterocycles. The number of hydrogen-bond donors (Lipinski definition) is 3. The van der Waals surface area contributed by atoms with Crippen molar-refractivity contribution in [1.82, 2.24) is 25.2 Å². The molecule has 0 saturated heterocycles. The van der Waals surface area contributed by atoms with Gasteiger partial charge >= 0.3 is 0 Å². The quantitative estimate of drug-likeness (QED) is 0.363. The van der Waals surface area contributed by atoms with Crippen LogP contribution >= 0.6 is 0 Å². The van der Waals surface area contributed by atoms with E-state index in [9.17, 15) is 19.1 Å². The molecule has 0 aliphatic carbocycles. The zero-order valence-corrected chi connectivity index (χ0v) is 19.0. The molecule has 0 fully saturated rings. The van der Waals surface area contributed by atoms with Gasteiger partial charge in [0, 0.05) is 32.5 Å². The normalized spacial score (nSPS) is 11.7. The van der Waals surface area contributed by atoms with Crippen LogP contribution in [0.4, 0.5) is 4.39 Å². The van der Waals surface area contributed by atoms with Crippen molar-refractivity contribution in [1.29, 1.82) is 0 Å². The summed E-state index contributed by atoms with van der Waals surface area (Å²) in [5, 5.41) is 16.4. The topological polar surface area (TPSA) is 109 Å². The van der Waals surface area contributed by atoms with E-state index in [1.807, 2.05) is 42.5 Å². The Bertz CT molecular complexity index is 1360. The minimum Gasteiger partial charge on any atom is -0.501 e. The fraction of sp³-hybridized carbons (Fsp3) is 0.154. The molecule has 1 unspecified atom stereocenters. The first-order valence-electron chi connectivity index (χ1n) is 10.9. The third-order valence-electron chi connectivity index (χ3n) is 5.51. The minimum atomic E-state index is -0.744. The van der Waals surface area contributed by atoms with Gasteiger partial charge in [-0.15, -0.1) is 0 Å². The van der Waals surface area contributed by atoms with Crippen LogP contribution in [0.15, 0.2) is 83.9 Å². The molecule has 0 aliphatic rings. The first-order valence-corrected chi connectivity index (χ1v) is 10.9. The summed E-state index contributed by atoms with van der Waals surface area (Å²) in [5.74, 6) is -1.59. The van der Waals surface area contributed by atoms with Gasteiger partial charge in [0.1, 0.15) is 11.6 Å². The Morgan fingerprint density at radius 3 is 2.46 bits per heavy atom. The van der Waals surface area contributed by atoms with Crippen LogP contribution in [-0.4, -0.2) is 25.5 Å². The zero-order valence-electron chi connectivity index (χ0n) is 19.0. The lowest BCUT2D eigenvalue weighted by Crippen LogP contribution is -2.34. The molecular formula is C26H24FN5O3. The van der Waals surface area contributed by atoms with Gasteiger partial charge in [0.25, 0.3) is 11.5 Å². The van der Waals surface area contributed by atoms with Crippen LogP contribution in [0.2, 0.25) is 0 Å². The van der Waals surface area contributed by atoms with Crippen molar-refractivity contribution in [2.24, 2.45) is 7.05 Å². The number of pyridine rings is 1. The lowest BCUT2D eigenvalue weighted by atomic mass is 10.1. The van der Waals surface area contributed by atoms with Crippen molar-refractivity contribution in [3.05, 3.63) is 124 Å². The van der Waals surface area contributed by atoms with Crippen molar-refractivity contribution in [3.8, 4) is 5.75 Å². The Hall–Kier alpha value is -4.37. The summed E-state index contributed by atoms with van der Waals surface area (Å²) in [6.45, 7) is 0.502. The monoisotopic (exact) mass is 473 g/mol. The first-order chi connectivity index (χ1) is 16.9. The number of hydrogen-bond acceptors (Lipinski definition) is 6. The highest BCUT2D eigenvalue weighted by molar-refractivity contribution is 5.94. The maximum absolute atomic E-state index is 13.1. The van der Waals surface area contributed by atoms with E-state index in [2.05, 4.69) is 20.6 Å². The molecule has 4 aromatic rings. The summed E-state index contributed by atoms with van der Waals surface area (Å²) >= 11 is 0. The standard InChI is InChI=1S/C26H24FN5O3/c1-32-24(21(19-7-3-2-4-8-19)29-16-18-6-5-13-28-14-18)31-22(23(33)26(32)35)25(34)30-15-17-9-11-20(27)12-10-17/h2-14,21,29,33H,15-16H2,1H3,(H,30,34). The number of carbonyl (C=O) groups excluding carboxylic acids is 1. The van der Waals surface area contributed by atoms with E-state index in [1.54, 1.807) is 12.4 Å². The molecule has 0 aliphatic heterocycles. The van der Waals surface area contributed by atoms with E-state index in [1.165, 1.54) is 35.9 Å². The van der Waals surface area contributed by atoms with Gasteiger partial charge in [-0.1, -0.05) is 48.5 Å². The lowest BCUT2D eigenvalue weighted by molar-refractivity contribution is 0.0941. The minimum absolute atomic E-state index is 0.0755. The van der Waals surface area contributed by atoms with Crippen LogP contribution in [-0.2, 0) is 20.1 Å². The molecule has 0 radical (unpaired) electrons. The third kappa shape index (κ3) is 5.59. The molecule has 3 N–H and O–H groups in total. The van der Waals surface area contributed by atoms with Crippen LogP contribution in [0.3, 0.4) is 0 Å². The fourth-order valence-corrected chi connectivity index (χ4v) is 3.62. The first kappa shape index (κ1) is 23.8. The van der Waals surface area contributed by atoms with E-state index in [-0.39, 0.29) is 23.9 Å². The smallest absolute Gasteiger partial charge is 0.296 e. The second-order valence-corrected chi connectivity index (χ2v) is 7.93. The third-order valence-corrected chi connectivity index (χ3v) is 5.51. The van der Waals surface area contributed by atoms with Crippen LogP contribution in [0.5, 0.6) is 5.75 Å². The van der Waals surface area contributed by atoms with Gasteiger partial charge in [-0.3, -0.25) is 24.5 Å². The summed E-state index contributed by atoms with van der Waals surface area (Å²) in [7, 11) is 1.49. The summed E-state index contributed by atoms with van der Waals surface area (Å²) in [6.07, 6.45) is 3.41. The molecule has 2 aromatic carbocycles. The summed E-state index contributed by atoms with van der Waals surface area (Å²) in [4.78, 5) is 34.3. The Balaban J connectivity index is 1.67. The van der Waals surface area contributed by atoms with Gasteiger partial charge in [-0.05, 0) is 34.9 Å². The predicted octanol–water partition coefficient (Wildman–Crippen LogP) is 2.83. The molecule has 1 atom stereocenters. The van der Waals surface area contributed by atoms with Crippen molar-refractivity contribution in [2.75, 3.05) is 0 Å². The Morgan fingerprint density at radius 1 is 1.03 bits per heavy atom. The molecule has 35 heavy (non-hydrogen) atoms. The van der Waals surface area contributed by atoms with Crippen molar-refractivity contribution < 1.29 is 14.3 Å². The average Bonchev–Trinajstić information content (AvgIpc) is 2.89. The molecule has 0 saturated carbocycles.